The molecule has 0 aliphatic rings. The van der Waals surface area contributed by atoms with Gasteiger partial charge in [0, 0.05) is 6.54 Å². The maximum absolute atomic E-state index is 5.80. The lowest BCUT2D eigenvalue weighted by molar-refractivity contribution is 0.504. The number of nitrogens with two attached hydrogens (primary N) is 1. The minimum absolute atomic E-state index is 0.228. The summed E-state index contributed by atoms with van der Waals surface area (Å²) < 4.78 is 0. The SMILES string of the molecule is CCCN(C)C(N)=S(C)C. The zero-order valence-electron chi connectivity index (χ0n) is 7.35. The predicted molar refractivity (Wildman–Crippen MR) is 51.6 cm³/mol. The molecule has 0 aliphatic heterocycles. The Morgan fingerprint density at radius 1 is 1.50 bits per heavy atom. The topological polar surface area (TPSA) is 29.3 Å². The molecular weight excluding hydrogens is 144 g/mol. The number of hydrogen-bond acceptors (Lipinski definition) is 0. The quantitative estimate of drug-likeness (QED) is 0.611. The Morgan fingerprint density at radius 3 is 2.30 bits per heavy atom. The summed E-state index contributed by atoms with van der Waals surface area (Å²) in [6.07, 6.45) is 5.44. The van der Waals surface area contributed by atoms with Crippen molar-refractivity contribution in [2.24, 2.45) is 5.73 Å². The lowest BCUT2D eigenvalue weighted by Crippen LogP contribution is -2.34. The number of hydrogen-bond donors (Lipinski definition) is 1. The smallest absolute Gasteiger partial charge is 0.0822 e. The van der Waals surface area contributed by atoms with Crippen LogP contribution in [0.1, 0.15) is 13.3 Å². The van der Waals surface area contributed by atoms with Crippen LogP contribution in [-0.2, 0) is 0 Å². The van der Waals surface area contributed by atoms with Gasteiger partial charge in [0.2, 0.25) is 0 Å². The molecule has 0 atom stereocenters. The van der Waals surface area contributed by atoms with E-state index in [9.17, 15) is 0 Å². The Balaban J connectivity index is 3.94. The molecule has 0 saturated heterocycles. The average Bonchev–Trinajstić information content (AvgIpc) is 1.87. The van der Waals surface area contributed by atoms with Gasteiger partial charge in [-0.1, -0.05) is 6.92 Å². The van der Waals surface area contributed by atoms with Gasteiger partial charge in [0.15, 0.2) is 0 Å². The largest absolute Gasteiger partial charge is 0.288 e. The standard InChI is InChI=1S/C7H18N2S/c1-5-6-9(2)7(8)10(3)4/h5-6,8H2,1-4H3. The summed E-state index contributed by atoms with van der Waals surface area (Å²) in [6, 6.07) is 0. The number of nitrogens with zero attached hydrogens (tertiary/aromatic N) is 1. The van der Waals surface area contributed by atoms with Crippen molar-refractivity contribution in [3.8, 4) is 0 Å². The lowest BCUT2D eigenvalue weighted by atomic mass is 10.5. The Kier molecular flexibility index (Phi) is 4.95. The van der Waals surface area contributed by atoms with Crippen LogP contribution in [0.2, 0.25) is 0 Å². The minimum Gasteiger partial charge on any atom is -0.288 e. The molecule has 0 spiro atoms. The van der Waals surface area contributed by atoms with Crippen molar-refractivity contribution >= 4 is 15.6 Å². The molecule has 0 rings (SSSR count). The molecule has 0 aliphatic carbocycles. The molecule has 2 N–H and O–H groups in total. The van der Waals surface area contributed by atoms with Crippen molar-refractivity contribution in [1.82, 2.24) is 4.90 Å². The predicted octanol–water partition coefficient (Wildman–Crippen LogP) is 0.903. The van der Waals surface area contributed by atoms with E-state index in [-0.39, 0.29) is 10.5 Å². The second kappa shape index (κ2) is 4.88. The molecule has 3 heteroatoms. The average molecular weight is 162 g/mol. The molecule has 0 aromatic rings. The summed E-state index contributed by atoms with van der Waals surface area (Å²) in [5.74, 6) is 0. The van der Waals surface area contributed by atoms with Gasteiger partial charge in [-0.3, -0.25) is 10.6 Å². The van der Waals surface area contributed by atoms with Gasteiger partial charge < -0.3 is 0 Å². The Morgan fingerprint density at radius 2 is 2.00 bits per heavy atom. The van der Waals surface area contributed by atoms with E-state index in [1.165, 1.54) is 0 Å². The van der Waals surface area contributed by atoms with Crippen molar-refractivity contribution in [3.63, 3.8) is 0 Å². The van der Waals surface area contributed by atoms with Crippen molar-refractivity contribution in [2.45, 2.75) is 13.3 Å². The van der Waals surface area contributed by atoms with Crippen LogP contribution in [0.15, 0.2) is 0 Å². The van der Waals surface area contributed by atoms with E-state index in [2.05, 4.69) is 24.3 Å². The summed E-state index contributed by atoms with van der Waals surface area (Å²) in [4.78, 5) is 2.13. The van der Waals surface area contributed by atoms with E-state index in [1.807, 2.05) is 7.05 Å². The molecule has 0 unspecified atom stereocenters. The molecule has 0 fully saturated rings. The molecule has 0 amide bonds. The van der Waals surface area contributed by atoms with Crippen LogP contribution in [-0.4, -0.2) is 36.1 Å². The van der Waals surface area contributed by atoms with Crippen molar-refractivity contribution < 1.29 is 0 Å². The van der Waals surface area contributed by atoms with Crippen LogP contribution in [0.25, 0.3) is 0 Å². The first-order chi connectivity index (χ1) is 4.59. The highest BCUT2D eigenvalue weighted by atomic mass is 32.2. The third-order valence-electron chi connectivity index (χ3n) is 1.35. The number of rotatable bonds is 2. The Labute approximate surface area is 66.3 Å². The summed E-state index contributed by atoms with van der Waals surface area (Å²) in [5, 5.41) is 1.02. The summed E-state index contributed by atoms with van der Waals surface area (Å²) >= 11 is 0. The maximum atomic E-state index is 5.80. The molecule has 0 heterocycles. The fraction of sp³-hybridized carbons (Fsp3) is 0.857. The Bertz CT molecular complexity index is 128. The molecule has 0 aromatic heterocycles. The third kappa shape index (κ3) is 3.34. The first kappa shape index (κ1) is 10.1. The molecule has 0 aromatic carbocycles. The van der Waals surface area contributed by atoms with Crippen LogP contribution >= 0.6 is 10.5 Å². The highest BCUT2D eigenvalue weighted by Crippen LogP contribution is 2.01. The summed E-state index contributed by atoms with van der Waals surface area (Å²) in [5.41, 5.74) is 5.80. The van der Waals surface area contributed by atoms with Gasteiger partial charge in [-0.25, -0.2) is 0 Å². The zero-order valence-corrected chi connectivity index (χ0v) is 8.16. The van der Waals surface area contributed by atoms with Crippen LogP contribution in [0.5, 0.6) is 0 Å². The van der Waals surface area contributed by atoms with E-state index in [0.29, 0.717) is 0 Å². The fourth-order valence-electron chi connectivity index (χ4n) is 0.757. The van der Waals surface area contributed by atoms with E-state index in [0.717, 1.165) is 18.1 Å². The zero-order chi connectivity index (χ0) is 8.15. The van der Waals surface area contributed by atoms with Gasteiger partial charge in [0.1, 0.15) is 0 Å². The van der Waals surface area contributed by atoms with Crippen molar-refractivity contribution in [1.29, 1.82) is 0 Å². The molecule has 0 bridgehead atoms. The fourth-order valence-corrected chi connectivity index (χ4v) is 1.47. The molecular formula is C7H18N2S. The van der Waals surface area contributed by atoms with Crippen LogP contribution in [0.4, 0.5) is 0 Å². The first-order valence-electron chi connectivity index (χ1n) is 3.50. The third-order valence-corrected chi connectivity index (χ3v) is 2.50. The molecule has 2 nitrogen and oxygen atoms in total. The molecule has 62 valence electrons. The van der Waals surface area contributed by atoms with Gasteiger partial charge in [-0.15, -0.1) is 0 Å². The maximum Gasteiger partial charge on any atom is 0.0822 e. The van der Waals surface area contributed by atoms with Crippen LogP contribution in [0.3, 0.4) is 0 Å². The van der Waals surface area contributed by atoms with E-state index in [1.54, 1.807) is 0 Å². The highest BCUT2D eigenvalue weighted by molar-refractivity contribution is 8.14. The van der Waals surface area contributed by atoms with Crippen molar-refractivity contribution in [3.05, 3.63) is 0 Å². The second-order valence-electron chi connectivity index (χ2n) is 2.58. The van der Waals surface area contributed by atoms with Crippen LogP contribution < -0.4 is 5.73 Å². The van der Waals surface area contributed by atoms with Gasteiger partial charge in [0.05, 0.1) is 5.11 Å². The lowest BCUT2D eigenvalue weighted by Gasteiger charge is -2.17. The second-order valence-corrected chi connectivity index (χ2v) is 4.63. The Hall–Kier alpha value is 0.140. The summed E-state index contributed by atoms with van der Waals surface area (Å²) in [6.45, 7) is 3.23. The molecule has 0 saturated carbocycles. The molecule has 0 radical (unpaired) electrons. The normalized spacial score (nSPS) is 11.1. The van der Waals surface area contributed by atoms with E-state index in [4.69, 9.17) is 5.73 Å². The summed E-state index contributed by atoms with van der Waals surface area (Å²) in [7, 11) is 2.28. The van der Waals surface area contributed by atoms with E-state index >= 15 is 0 Å². The minimum atomic E-state index is 0.228. The van der Waals surface area contributed by atoms with Gasteiger partial charge in [-0.05, 0) is 26.0 Å². The van der Waals surface area contributed by atoms with Gasteiger partial charge >= 0.3 is 0 Å². The van der Waals surface area contributed by atoms with E-state index < -0.39 is 0 Å². The first-order valence-corrected chi connectivity index (χ1v) is 5.54. The van der Waals surface area contributed by atoms with Gasteiger partial charge in [0.25, 0.3) is 0 Å². The van der Waals surface area contributed by atoms with Crippen LogP contribution in [0, 0.1) is 0 Å². The molecule has 10 heavy (non-hydrogen) atoms. The monoisotopic (exact) mass is 162 g/mol. The van der Waals surface area contributed by atoms with Crippen molar-refractivity contribution in [2.75, 3.05) is 26.1 Å². The highest BCUT2D eigenvalue weighted by Gasteiger charge is 1.98. The van der Waals surface area contributed by atoms with Gasteiger partial charge in [-0.2, -0.15) is 10.5 Å².